The van der Waals surface area contributed by atoms with Crippen molar-refractivity contribution < 1.29 is 4.79 Å². The van der Waals surface area contributed by atoms with Crippen LogP contribution in [0.25, 0.3) is 10.8 Å². The molecule has 1 heterocycles. The number of anilines is 1. The van der Waals surface area contributed by atoms with E-state index in [1.54, 1.807) is 0 Å². The van der Waals surface area contributed by atoms with Gasteiger partial charge in [-0.15, -0.1) is 0 Å². The lowest BCUT2D eigenvalue weighted by Gasteiger charge is -2.21. The van der Waals surface area contributed by atoms with Gasteiger partial charge in [0.1, 0.15) is 0 Å². The Bertz CT molecular complexity index is 608. The van der Waals surface area contributed by atoms with Crippen LogP contribution >= 0.6 is 0 Å². The zero-order valence-electron chi connectivity index (χ0n) is 11.1. The number of amides is 2. The second-order valence-electron chi connectivity index (χ2n) is 5.18. The Morgan fingerprint density at radius 1 is 1.21 bits per heavy atom. The van der Waals surface area contributed by atoms with Gasteiger partial charge in [-0.1, -0.05) is 30.3 Å². The van der Waals surface area contributed by atoms with Crippen LogP contribution in [0.4, 0.5) is 10.5 Å². The predicted molar refractivity (Wildman–Crippen MR) is 78.4 cm³/mol. The number of urea groups is 1. The predicted octanol–water partition coefficient (Wildman–Crippen LogP) is 3.86. The van der Waals surface area contributed by atoms with Crippen LogP contribution in [0.3, 0.4) is 0 Å². The summed E-state index contributed by atoms with van der Waals surface area (Å²) in [6.07, 6.45) is 2.21. The third-order valence-corrected chi connectivity index (χ3v) is 3.81. The van der Waals surface area contributed by atoms with Gasteiger partial charge >= 0.3 is 6.03 Å². The van der Waals surface area contributed by atoms with E-state index in [-0.39, 0.29) is 6.03 Å². The molecule has 0 saturated carbocycles. The summed E-state index contributed by atoms with van der Waals surface area (Å²) in [6.45, 7) is 2.97. The molecular formula is C16H18N2O. The number of carbonyl (C=O) groups is 1. The first-order valence-electron chi connectivity index (χ1n) is 6.80. The van der Waals surface area contributed by atoms with Crippen molar-refractivity contribution in [3.63, 3.8) is 0 Å². The maximum atomic E-state index is 12.2. The standard InChI is InChI=1S/C16H18N2O/c1-12-5-4-10-18(12)16(19)17-15-9-8-13-6-2-3-7-14(13)11-15/h2-3,6-9,11-12H,4-5,10H2,1H3,(H,17,19)/t12-/m1/s1. The lowest BCUT2D eigenvalue weighted by atomic mass is 10.1. The fourth-order valence-corrected chi connectivity index (χ4v) is 2.70. The Kier molecular flexibility index (Phi) is 3.11. The maximum Gasteiger partial charge on any atom is 0.322 e. The summed E-state index contributed by atoms with van der Waals surface area (Å²) < 4.78 is 0. The number of nitrogens with one attached hydrogen (secondary N) is 1. The minimum absolute atomic E-state index is 0.0141. The van der Waals surface area contributed by atoms with Crippen LogP contribution in [0.2, 0.25) is 0 Å². The van der Waals surface area contributed by atoms with Crippen molar-refractivity contribution >= 4 is 22.5 Å². The summed E-state index contributed by atoms with van der Waals surface area (Å²) in [7, 11) is 0. The second-order valence-corrected chi connectivity index (χ2v) is 5.18. The number of hydrogen-bond acceptors (Lipinski definition) is 1. The van der Waals surface area contributed by atoms with Gasteiger partial charge in [0.2, 0.25) is 0 Å². The van der Waals surface area contributed by atoms with Crippen LogP contribution in [0, 0.1) is 0 Å². The lowest BCUT2D eigenvalue weighted by Crippen LogP contribution is -2.37. The molecule has 0 bridgehead atoms. The molecule has 19 heavy (non-hydrogen) atoms. The smallest absolute Gasteiger partial charge is 0.322 e. The molecule has 1 atom stereocenters. The number of fused-ring (bicyclic) bond motifs is 1. The summed E-state index contributed by atoms with van der Waals surface area (Å²) in [4.78, 5) is 14.1. The molecule has 0 spiro atoms. The zero-order valence-corrected chi connectivity index (χ0v) is 11.1. The van der Waals surface area contributed by atoms with E-state index in [1.165, 1.54) is 5.39 Å². The molecule has 1 aliphatic heterocycles. The first-order chi connectivity index (χ1) is 9.24. The third-order valence-electron chi connectivity index (χ3n) is 3.81. The van der Waals surface area contributed by atoms with Crippen LogP contribution in [-0.4, -0.2) is 23.5 Å². The van der Waals surface area contributed by atoms with Gasteiger partial charge in [-0.2, -0.15) is 0 Å². The highest BCUT2D eigenvalue weighted by atomic mass is 16.2. The fourth-order valence-electron chi connectivity index (χ4n) is 2.70. The number of benzene rings is 2. The molecule has 2 amide bonds. The molecule has 3 heteroatoms. The van der Waals surface area contributed by atoms with Gasteiger partial charge in [-0.25, -0.2) is 4.79 Å². The summed E-state index contributed by atoms with van der Waals surface area (Å²) in [6, 6.07) is 14.5. The Labute approximate surface area is 113 Å². The fraction of sp³-hybridized carbons (Fsp3) is 0.312. The van der Waals surface area contributed by atoms with Crippen molar-refractivity contribution in [2.75, 3.05) is 11.9 Å². The molecule has 2 aromatic carbocycles. The molecular weight excluding hydrogens is 236 g/mol. The number of carbonyl (C=O) groups excluding carboxylic acids is 1. The highest BCUT2D eigenvalue weighted by Gasteiger charge is 2.24. The highest BCUT2D eigenvalue weighted by molar-refractivity contribution is 5.93. The van der Waals surface area contributed by atoms with Crippen LogP contribution in [-0.2, 0) is 0 Å². The Morgan fingerprint density at radius 3 is 2.74 bits per heavy atom. The normalized spacial score (nSPS) is 18.8. The number of likely N-dealkylation sites (tertiary alicyclic amines) is 1. The molecule has 0 unspecified atom stereocenters. The van der Waals surface area contributed by atoms with E-state index >= 15 is 0 Å². The summed E-state index contributed by atoms with van der Waals surface area (Å²) in [5.41, 5.74) is 0.864. The summed E-state index contributed by atoms with van der Waals surface area (Å²) in [5.74, 6) is 0. The lowest BCUT2D eigenvalue weighted by molar-refractivity contribution is 0.210. The molecule has 0 aromatic heterocycles. The van der Waals surface area contributed by atoms with E-state index in [9.17, 15) is 4.79 Å². The van der Waals surface area contributed by atoms with Crippen molar-refractivity contribution in [3.8, 4) is 0 Å². The van der Waals surface area contributed by atoms with Crippen molar-refractivity contribution in [3.05, 3.63) is 42.5 Å². The third kappa shape index (κ3) is 2.41. The minimum atomic E-state index is 0.0141. The molecule has 1 N–H and O–H groups in total. The van der Waals surface area contributed by atoms with Crippen molar-refractivity contribution in [1.82, 2.24) is 4.90 Å². The molecule has 2 aromatic rings. The van der Waals surface area contributed by atoms with Crippen LogP contribution in [0.15, 0.2) is 42.5 Å². The van der Waals surface area contributed by atoms with Crippen molar-refractivity contribution in [2.24, 2.45) is 0 Å². The summed E-state index contributed by atoms with van der Waals surface area (Å²) in [5, 5.41) is 5.33. The number of nitrogens with zero attached hydrogens (tertiary/aromatic N) is 1. The first-order valence-corrected chi connectivity index (χ1v) is 6.80. The van der Waals surface area contributed by atoms with Gasteiger partial charge in [0.25, 0.3) is 0 Å². The SMILES string of the molecule is C[C@@H]1CCCN1C(=O)Nc1ccc2ccccc2c1. The van der Waals surface area contributed by atoms with Gasteiger partial charge in [-0.3, -0.25) is 0 Å². The van der Waals surface area contributed by atoms with Gasteiger partial charge in [-0.05, 0) is 42.7 Å². The van der Waals surface area contributed by atoms with Gasteiger partial charge in [0.15, 0.2) is 0 Å². The maximum absolute atomic E-state index is 12.2. The second kappa shape index (κ2) is 4.92. The molecule has 0 aliphatic carbocycles. The molecule has 98 valence electrons. The Morgan fingerprint density at radius 2 is 2.00 bits per heavy atom. The molecule has 1 saturated heterocycles. The van der Waals surface area contributed by atoms with Gasteiger partial charge in [0, 0.05) is 18.3 Å². The monoisotopic (exact) mass is 254 g/mol. The average Bonchev–Trinajstić information content (AvgIpc) is 2.85. The first kappa shape index (κ1) is 12.0. The Balaban J connectivity index is 1.79. The van der Waals surface area contributed by atoms with Crippen molar-refractivity contribution in [2.45, 2.75) is 25.8 Å². The Hall–Kier alpha value is -2.03. The van der Waals surface area contributed by atoms with E-state index in [2.05, 4.69) is 24.4 Å². The zero-order chi connectivity index (χ0) is 13.2. The van der Waals surface area contributed by atoms with Gasteiger partial charge in [0.05, 0.1) is 0 Å². The van der Waals surface area contributed by atoms with E-state index in [0.29, 0.717) is 6.04 Å². The quantitative estimate of drug-likeness (QED) is 0.823. The highest BCUT2D eigenvalue weighted by Crippen LogP contribution is 2.21. The topological polar surface area (TPSA) is 32.3 Å². The van der Waals surface area contributed by atoms with Crippen LogP contribution in [0.1, 0.15) is 19.8 Å². The average molecular weight is 254 g/mol. The van der Waals surface area contributed by atoms with E-state index in [4.69, 9.17) is 0 Å². The largest absolute Gasteiger partial charge is 0.322 e. The van der Waals surface area contributed by atoms with Crippen LogP contribution in [0.5, 0.6) is 0 Å². The minimum Gasteiger partial charge on any atom is -0.322 e. The molecule has 0 radical (unpaired) electrons. The van der Waals surface area contributed by atoms with E-state index in [0.717, 1.165) is 30.5 Å². The molecule has 1 fully saturated rings. The molecule has 3 nitrogen and oxygen atoms in total. The molecule has 3 rings (SSSR count). The van der Waals surface area contributed by atoms with E-state index in [1.807, 2.05) is 35.2 Å². The van der Waals surface area contributed by atoms with E-state index < -0.39 is 0 Å². The van der Waals surface area contributed by atoms with Crippen LogP contribution < -0.4 is 5.32 Å². The molecule has 1 aliphatic rings. The summed E-state index contributed by atoms with van der Waals surface area (Å²) >= 11 is 0. The number of hydrogen-bond donors (Lipinski definition) is 1. The van der Waals surface area contributed by atoms with Crippen molar-refractivity contribution in [1.29, 1.82) is 0 Å². The van der Waals surface area contributed by atoms with Gasteiger partial charge < -0.3 is 10.2 Å². The number of rotatable bonds is 1.